The second-order valence-corrected chi connectivity index (χ2v) is 6.15. The summed E-state index contributed by atoms with van der Waals surface area (Å²) in [7, 11) is 0. The molecule has 2 atom stereocenters. The Bertz CT molecular complexity index is 274. The van der Waals surface area contributed by atoms with Crippen molar-refractivity contribution in [2.45, 2.75) is 65.0 Å². The lowest BCUT2D eigenvalue weighted by molar-refractivity contribution is -0.123. The highest BCUT2D eigenvalue weighted by Gasteiger charge is 2.18. The molecule has 0 aromatic rings. The summed E-state index contributed by atoms with van der Waals surface area (Å²) < 4.78 is 0. The van der Waals surface area contributed by atoms with Gasteiger partial charge in [-0.2, -0.15) is 0 Å². The van der Waals surface area contributed by atoms with E-state index in [4.69, 9.17) is 5.73 Å². The average molecular weight is 306 g/mol. The molecule has 4 nitrogen and oxygen atoms in total. The molecule has 20 heavy (non-hydrogen) atoms. The molecule has 0 aliphatic carbocycles. The lowest BCUT2D eigenvalue weighted by Crippen LogP contribution is -2.44. The number of likely N-dealkylation sites (tertiary alicyclic amines) is 1. The first-order valence-electron chi connectivity index (χ1n) is 7.79. The molecule has 1 heterocycles. The summed E-state index contributed by atoms with van der Waals surface area (Å²) in [4.78, 5) is 14.2. The molecule has 1 saturated heterocycles. The lowest BCUT2D eigenvalue weighted by atomic mass is 10.0. The van der Waals surface area contributed by atoms with Gasteiger partial charge in [-0.05, 0) is 51.6 Å². The number of nitrogens with zero attached hydrogens (tertiary/aromatic N) is 1. The fourth-order valence-electron chi connectivity index (χ4n) is 2.56. The first kappa shape index (κ1) is 19.7. The van der Waals surface area contributed by atoms with Gasteiger partial charge < -0.3 is 16.0 Å². The van der Waals surface area contributed by atoms with E-state index in [2.05, 4.69) is 17.1 Å². The second kappa shape index (κ2) is 10.4. The number of nitrogens with one attached hydrogen (secondary N) is 1. The number of hydrogen-bond donors (Lipinski definition) is 2. The van der Waals surface area contributed by atoms with Crippen LogP contribution in [0.4, 0.5) is 0 Å². The SMILES string of the molecule is CC(C)[C@H](N)C(=O)NCCCCN1CCCCC1C.Cl. The fraction of sp³-hybridized carbons (Fsp3) is 0.933. The van der Waals surface area contributed by atoms with Crippen LogP contribution in [-0.2, 0) is 4.79 Å². The molecular weight excluding hydrogens is 274 g/mol. The molecule has 1 aliphatic rings. The van der Waals surface area contributed by atoms with Crippen LogP contribution in [0.3, 0.4) is 0 Å². The third kappa shape index (κ3) is 6.91. The van der Waals surface area contributed by atoms with E-state index in [1.165, 1.54) is 25.8 Å². The summed E-state index contributed by atoms with van der Waals surface area (Å²) in [5.74, 6) is 0.190. The van der Waals surface area contributed by atoms with Crippen molar-refractivity contribution < 1.29 is 4.79 Å². The van der Waals surface area contributed by atoms with Crippen LogP contribution in [0.2, 0.25) is 0 Å². The molecule has 1 fully saturated rings. The zero-order valence-electron chi connectivity index (χ0n) is 13.2. The van der Waals surface area contributed by atoms with Gasteiger partial charge in [0, 0.05) is 12.6 Å². The normalized spacial score (nSPS) is 21.4. The molecule has 0 aromatic carbocycles. The second-order valence-electron chi connectivity index (χ2n) is 6.15. The Morgan fingerprint density at radius 3 is 2.65 bits per heavy atom. The quantitative estimate of drug-likeness (QED) is 0.709. The van der Waals surface area contributed by atoms with E-state index < -0.39 is 0 Å². The van der Waals surface area contributed by atoms with Gasteiger partial charge in [0.25, 0.3) is 0 Å². The van der Waals surface area contributed by atoms with Crippen molar-refractivity contribution in [2.24, 2.45) is 11.7 Å². The molecule has 5 heteroatoms. The number of rotatable bonds is 7. The Balaban J connectivity index is 0.00000361. The van der Waals surface area contributed by atoms with Gasteiger partial charge in [-0.15, -0.1) is 12.4 Å². The maximum atomic E-state index is 11.7. The summed E-state index contributed by atoms with van der Waals surface area (Å²) in [6, 6.07) is 0.361. The summed E-state index contributed by atoms with van der Waals surface area (Å²) in [6.45, 7) is 9.42. The summed E-state index contributed by atoms with van der Waals surface area (Å²) >= 11 is 0. The highest BCUT2D eigenvalue weighted by molar-refractivity contribution is 5.85. The number of piperidine rings is 1. The average Bonchev–Trinajstić information content (AvgIpc) is 2.39. The number of unbranched alkanes of at least 4 members (excludes halogenated alkanes) is 1. The van der Waals surface area contributed by atoms with Crippen molar-refractivity contribution in [3.63, 3.8) is 0 Å². The van der Waals surface area contributed by atoms with Crippen molar-refractivity contribution in [3.8, 4) is 0 Å². The molecule has 0 bridgehead atoms. The molecule has 3 N–H and O–H groups in total. The maximum Gasteiger partial charge on any atom is 0.237 e. The van der Waals surface area contributed by atoms with Crippen LogP contribution in [0.1, 0.15) is 52.9 Å². The minimum absolute atomic E-state index is 0. The Kier molecular flexibility index (Phi) is 10.2. The Morgan fingerprint density at radius 1 is 1.35 bits per heavy atom. The smallest absolute Gasteiger partial charge is 0.237 e. The van der Waals surface area contributed by atoms with Crippen molar-refractivity contribution in [2.75, 3.05) is 19.6 Å². The number of nitrogens with two attached hydrogens (primary N) is 1. The van der Waals surface area contributed by atoms with Crippen LogP contribution >= 0.6 is 12.4 Å². The zero-order chi connectivity index (χ0) is 14.3. The highest BCUT2D eigenvalue weighted by atomic mass is 35.5. The predicted molar refractivity (Wildman–Crippen MR) is 87.2 cm³/mol. The van der Waals surface area contributed by atoms with Gasteiger partial charge >= 0.3 is 0 Å². The molecule has 1 aliphatic heterocycles. The third-order valence-corrected chi connectivity index (χ3v) is 4.13. The van der Waals surface area contributed by atoms with E-state index >= 15 is 0 Å². The monoisotopic (exact) mass is 305 g/mol. The van der Waals surface area contributed by atoms with E-state index in [0.29, 0.717) is 0 Å². The summed E-state index contributed by atoms with van der Waals surface area (Å²) in [6.07, 6.45) is 6.24. The van der Waals surface area contributed by atoms with Crippen molar-refractivity contribution >= 4 is 18.3 Å². The molecule has 0 aromatic heterocycles. The molecule has 1 unspecified atom stereocenters. The van der Waals surface area contributed by atoms with Crippen molar-refractivity contribution in [1.29, 1.82) is 0 Å². The van der Waals surface area contributed by atoms with E-state index in [1.807, 2.05) is 13.8 Å². The zero-order valence-corrected chi connectivity index (χ0v) is 14.0. The van der Waals surface area contributed by atoms with Crippen LogP contribution < -0.4 is 11.1 Å². The maximum absolute atomic E-state index is 11.7. The molecule has 1 rings (SSSR count). The van der Waals surface area contributed by atoms with Gasteiger partial charge in [0.1, 0.15) is 0 Å². The standard InChI is InChI=1S/C15H31N3O.ClH/c1-12(2)14(16)15(19)17-9-5-7-11-18-10-6-4-8-13(18)3;/h12-14H,4-11,16H2,1-3H3,(H,17,19);1H/t13?,14-;/m0./s1. The molecular formula is C15H32ClN3O. The number of carbonyl (C=O) groups is 1. The molecule has 120 valence electrons. The minimum atomic E-state index is -0.373. The van der Waals surface area contributed by atoms with Gasteiger partial charge in [0.05, 0.1) is 6.04 Å². The van der Waals surface area contributed by atoms with Gasteiger partial charge in [0.15, 0.2) is 0 Å². The van der Waals surface area contributed by atoms with Crippen LogP contribution in [0.5, 0.6) is 0 Å². The molecule has 0 saturated carbocycles. The Hall–Kier alpha value is -0.320. The topological polar surface area (TPSA) is 58.4 Å². The Labute approximate surface area is 130 Å². The molecule has 0 spiro atoms. The van der Waals surface area contributed by atoms with Crippen molar-refractivity contribution in [3.05, 3.63) is 0 Å². The number of hydrogen-bond acceptors (Lipinski definition) is 3. The first-order valence-corrected chi connectivity index (χ1v) is 7.79. The van der Waals surface area contributed by atoms with Crippen molar-refractivity contribution in [1.82, 2.24) is 10.2 Å². The highest BCUT2D eigenvalue weighted by Crippen LogP contribution is 2.16. The summed E-state index contributed by atoms with van der Waals surface area (Å²) in [5.41, 5.74) is 5.79. The predicted octanol–water partition coefficient (Wildman–Crippen LogP) is 2.16. The van der Waals surface area contributed by atoms with Crippen LogP contribution in [0, 0.1) is 5.92 Å². The van der Waals surface area contributed by atoms with E-state index in [1.54, 1.807) is 0 Å². The van der Waals surface area contributed by atoms with E-state index in [0.717, 1.165) is 32.0 Å². The lowest BCUT2D eigenvalue weighted by Gasteiger charge is -2.33. The van der Waals surface area contributed by atoms with Gasteiger partial charge in [-0.25, -0.2) is 0 Å². The van der Waals surface area contributed by atoms with E-state index in [9.17, 15) is 4.79 Å². The van der Waals surface area contributed by atoms with Gasteiger partial charge in [-0.1, -0.05) is 20.3 Å². The van der Waals surface area contributed by atoms with Crippen LogP contribution in [0.15, 0.2) is 0 Å². The molecule has 0 radical (unpaired) electrons. The van der Waals surface area contributed by atoms with Crippen LogP contribution in [0.25, 0.3) is 0 Å². The Morgan fingerprint density at radius 2 is 2.05 bits per heavy atom. The first-order chi connectivity index (χ1) is 9.02. The minimum Gasteiger partial charge on any atom is -0.355 e. The largest absolute Gasteiger partial charge is 0.355 e. The van der Waals surface area contributed by atoms with Gasteiger partial charge in [0.2, 0.25) is 5.91 Å². The summed E-state index contributed by atoms with van der Waals surface area (Å²) in [5, 5.41) is 2.93. The van der Waals surface area contributed by atoms with Crippen LogP contribution in [-0.4, -0.2) is 42.5 Å². The molecule has 1 amide bonds. The fourth-order valence-corrected chi connectivity index (χ4v) is 2.56. The van der Waals surface area contributed by atoms with Gasteiger partial charge in [-0.3, -0.25) is 4.79 Å². The number of carbonyl (C=O) groups excluding carboxylic acids is 1. The third-order valence-electron chi connectivity index (χ3n) is 4.13. The van der Waals surface area contributed by atoms with E-state index in [-0.39, 0.29) is 30.3 Å². The number of amides is 1. The number of halogens is 1.